The minimum Gasteiger partial charge on any atom is -0.484 e. The predicted octanol–water partition coefficient (Wildman–Crippen LogP) is 4.57. The Morgan fingerprint density at radius 2 is 2.00 bits per heavy atom. The molecule has 30 heavy (non-hydrogen) atoms. The number of thiazole rings is 1. The number of aromatic nitrogens is 1. The first-order valence-corrected chi connectivity index (χ1v) is 10.7. The van der Waals surface area contributed by atoms with E-state index in [4.69, 9.17) is 4.74 Å². The monoisotopic (exact) mass is 421 g/mol. The van der Waals surface area contributed by atoms with Crippen LogP contribution in [0.4, 0.5) is 10.8 Å². The van der Waals surface area contributed by atoms with Crippen LogP contribution in [0.5, 0.6) is 5.75 Å². The van der Waals surface area contributed by atoms with E-state index in [0.29, 0.717) is 17.3 Å². The predicted molar refractivity (Wildman–Crippen MR) is 119 cm³/mol. The van der Waals surface area contributed by atoms with Crippen molar-refractivity contribution in [2.75, 3.05) is 23.4 Å². The van der Waals surface area contributed by atoms with Gasteiger partial charge in [0.1, 0.15) is 5.75 Å². The summed E-state index contributed by atoms with van der Waals surface area (Å²) in [6, 6.07) is 13.4. The highest BCUT2D eigenvalue weighted by molar-refractivity contribution is 7.14. The summed E-state index contributed by atoms with van der Waals surface area (Å²) in [5.74, 6) is 0.456. The lowest BCUT2D eigenvalue weighted by atomic mass is 10.0. The average molecular weight is 422 g/mol. The van der Waals surface area contributed by atoms with Crippen molar-refractivity contribution >= 4 is 34.0 Å². The Kier molecular flexibility index (Phi) is 5.81. The summed E-state index contributed by atoms with van der Waals surface area (Å²) in [6.07, 6.45) is 1.49. The fourth-order valence-electron chi connectivity index (χ4n) is 3.50. The van der Waals surface area contributed by atoms with Crippen LogP contribution in [0, 0.1) is 13.8 Å². The zero-order chi connectivity index (χ0) is 21.1. The Hall–Kier alpha value is -3.19. The van der Waals surface area contributed by atoms with Crippen molar-refractivity contribution < 1.29 is 14.3 Å². The van der Waals surface area contributed by atoms with E-state index in [0.717, 1.165) is 35.5 Å². The van der Waals surface area contributed by atoms with E-state index in [1.54, 1.807) is 17.0 Å². The molecule has 0 bridgehead atoms. The van der Waals surface area contributed by atoms with Crippen LogP contribution in [0.1, 0.15) is 24.0 Å². The molecule has 2 amide bonds. The topological polar surface area (TPSA) is 71.5 Å². The van der Waals surface area contributed by atoms with Crippen molar-refractivity contribution in [3.8, 4) is 17.0 Å². The van der Waals surface area contributed by atoms with Gasteiger partial charge in [-0.2, -0.15) is 0 Å². The molecule has 1 aliphatic rings. The maximum Gasteiger partial charge on any atom is 0.264 e. The number of anilines is 2. The Morgan fingerprint density at radius 3 is 2.70 bits per heavy atom. The quantitative estimate of drug-likeness (QED) is 0.633. The molecule has 1 N–H and O–H groups in total. The van der Waals surface area contributed by atoms with Crippen LogP contribution in [0.15, 0.2) is 47.8 Å². The molecule has 1 saturated heterocycles. The highest BCUT2D eigenvalue weighted by Crippen LogP contribution is 2.28. The van der Waals surface area contributed by atoms with Gasteiger partial charge in [-0.15, -0.1) is 11.3 Å². The van der Waals surface area contributed by atoms with Gasteiger partial charge in [0.15, 0.2) is 11.7 Å². The first-order valence-electron chi connectivity index (χ1n) is 9.86. The van der Waals surface area contributed by atoms with Gasteiger partial charge in [-0.05, 0) is 50.1 Å². The van der Waals surface area contributed by atoms with Crippen molar-refractivity contribution in [3.63, 3.8) is 0 Å². The smallest absolute Gasteiger partial charge is 0.264 e. The molecule has 0 spiro atoms. The summed E-state index contributed by atoms with van der Waals surface area (Å²) >= 11 is 1.39. The lowest BCUT2D eigenvalue weighted by molar-refractivity contribution is -0.118. The molecule has 4 rings (SSSR count). The summed E-state index contributed by atoms with van der Waals surface area (Å²) in [6.45, 7) is 4.75. The minimum atomic E-state index is -0.268. The van der Waals surface area contributed by atoms with Gasteiger partial charge in [-0.3, -0.25) is 14.9 Å². The van der Waals surface area contributed by atoms with Gasteiger partial charge in [-0.1, -0.05) is 23.8 Å². The SMILES string of the molecule is Cc1ccc(-c2csc(NC(=O)COc3ccc(N4CCCC4=O)cc3)n2)c(C)c1. The van der Waals surface area contributed by atoms with E-state index in [-0.39, 0.29) is 18.4 Å². The number of hydrogen-bond acceptors (Lipinski definition) is 5. The van der Waals surface area contributed by atoms with E-state index in [9.17, 15) is 9.59 Å². The van der Waals surface area contributed by atoms with Crippen molar-refractivity contribution in [2.24, 2.45) is 0 Å². The average Bonchev–Trinajstić information content (AvgIpc) is 3.36. The van der Waals surface area contributed by atoms with Crippen LogP contribution in [0.25, 0.3) is 11.3 Å². The molecule has 0 radical (unpaired) electrons. The van der Waals surface area contributed by atoms with E-state index in [1.165, 1.54) is 16.9 Å². The number of nitrogens with one attached hydrogen (secondary N) is 1. The molecule has 0 atom stereocenters. The summed E-state index contributed by atoms with van der Waals surface area (Å²) < 4.78 is 5.57. The van der Waals surface area contributed by atoms with Crippen LogP contribution >= 0.6 is 11.3 Å². The lowest BCUT2D eigenvalue weighted by Crippen LogP contribution is -2.23. The number of carbonyl (C=O) groups excluding carboxylic acids is 2. The number of benzene rings is 2. The normalized spacial score (nSPS) is 13.5. The molecule has 1 fully saturated rings. The third kappa shape index (κ3) is 4.52. The standard InChI is InChI=1S/C23H23N3O3S/c1-15-5-10-19(16(2)12-15)20-14-30-23(24-20)25-21(27)13-29-18-8-6-17(7-9-18)26-11-3-4-22(26)28/h5-10,12,14H,3-4,11,13H2,1-2H3,(H,24,25,27). The molecule has 0 unspecified atom stereocenters. The zero-order valence-electron chi connectivity index (χ0n) is 17.0. The van der Waals surface area contributed by atoms with Crippen molar-refractivity contribution in [3.05, 3.63) is 59.0 Å². The highest BCUT2D eigenvalue weighted by atomic mass is 32.1. The van der Waals surface area contributed by atoms with Gasteiger partial charge in [-0.25, -0.2) is 4.98 Å². The maximum absolute atomic E-state index is 12.2. The van der Waals surface area contributed by atoms with Crippen LogP contribution < -0.4 is 15.0 Å². The molecule has 1 aromatic heterocycles. The van der Waals surface area contributed by atoms with Crippen LogP contribution in [-0.4, -0.2) is 29.9 Å². The van der Waals surface area contributed by atoms with Gasteiger partial charge >= 0.3 is 0 Å². The molecule has 1 aliphatic heterocycles. The third-order valence-electron chi connectivity index (χ3n) is 5.00. The summed E-state index contributed by atoms with van der Waals surface area (Å²) in [7, 11) is 0. The highest BCUT2D eigenvalue weighted by Gasteiger charge is 2.21. The van der Waals surface area contributed by atoms with Crippen molar-refractivity contribution in [1.82, 2.24) is 4.98 Å². The molecule has 2 heterocycles. The number of amides is 2. The van der Waals surface area contributed by atoms with Gasteiger partial charge in [0, 0.05) is 29.6 Å². The van der Waals surface area contributed by atoms with Gasteiger partial charge < -0.3 is 9.64 Å². The molecule has 6 nitrogen and oxygen atoms in total. The molecule has 0 saturated carbocycles. The molecular formula is C23H23N3O3S. The summed E-state index contributed by atoms with van der Waals surface area (Å²) in [5.41, 5.74) is 5.12. The Morgan fingerprint density at radius 1 is 1.20 bits per heavy atom. The third-order valence-corrected chi connectivity index (χ3v) is 5.76. The molecule has 2 aromatic carbocycles. The van der Waals surface area contributed by atoms with Gasteiger partial charge in [0.25, 0.3) is 5.91 Å². The Labute approximate surface area is 179 Å². The summed E-state index contributed by atoms with van der Waals surface area (Å²) in [4.78, 5) is 30.3. The van der Waals surface area contributed by atoms with E-state index >= 15 is 0 Å². The van der Waals surface area contributed by atoms with Gasteiger partial charge in [0.05, 0.1) is 5.69 Å². The molecule has 0 aliphatic carbocycles. The maximum atomic E-state index is 12.2. The minimum absolute atomic E-state index is 0.111. The number of hydrogen-bond donors (Lipinski definition) is 1. The number of aryl methyl sites for hydroxylation is 2. The van der Waals surface area contributed by atoms with E-state index in [2.05, 4.69) is 36.3 Å². The first-order chi connectivity index (χ1) is 14.5. The van der Waals surface area contributed by atoms with Crippen molar-refractivity contribution in [1.29, 1.82) is 0 Å². The number of carbonyl (C=O) groups is 2. The largest absolute Gasteiger partial charge is 0.484 e. The number of nitrogens with zero attached hydrogens (tertiary/aromatic N) is 2. The van der Waals surface area contributed by atoms with E-state index in [1.807, 2.05) is 23.6 Å². The number of ether oxygens (including phenoxy) is 1. The second kappa shape index (κ2) is 8.67. The molecule has 154 valence electrons. The second-order valence-electron chi connectivity index (χ2n) is 7.34. The Balaban J connectivity index is 1.32. The Bertz CT molecular complexity index is 1080. The zero-order valence-corrected chi connectivity index (χ0v) is 17.8. The van der Waals surface area contributed by atoms with E-state index < -0.39 is 0 Å². The van der Waals surface area contributed by atoms with Gasteiger partial charge in [0.2, 0.25) is 5.91 Å². The fraction of sp³-hybridized carbons (Fsp3) is 0.261. The first kappa shape index (κ1) is 20.1. The van der Waals surface area contributed by atoms with Crippen molar-refractivity contribution in [2.45, 2.75) is 26.7 Å². The number of rotatable bonds is 6. The van der Waals surface area contributed by atoms with Crippen LogP contribution in [0.2, 0.25) is 0 Å². The van der Waals surface area contributed by atoms with Crippen LogP contribution in [-0.2, 0) is 9.59 Å². The summed E-state index contributed by atoms with van der Waals surface area (Å²) in [5, 5.41) is 5.27. The second-order valence-corrected chi connectivity index (χ2v) is 8.19. The molecule has 3 aromatic rings. The molecular weight excluding hydrogens is 398 g/mol. The fourth-order valence-corrected chi connectivity index (χ4v) is 4.23. The lowest BCUT2D eigenvalue weighted by Gasteiger charge is -2.16. The van der Waals surface area contributed by atoms with Crippen LogP contribution in [0.3, 0.4) is 0 Å². The molecule has 7 heteroatoms.